The van der Waals surface area contributed by atoms with Crippen LogP contribution in [0.4, 0.5) is 10.2 Å². The molecule has 0 amide bonds. The standard InChI is InChI=1S/C15H18FN3/c1-9-4-11(7-12(16)5-9)14(18-3)13-6-10(2)8-19-15(13)17/h4-8,14,18H,1-3H3,(H2,17,19). The maximum absolute atomic E-state index is 13.5. The van der Waals surface area contributed by atoms with Crippen LogP contribution in [-0.2, 0) is 0 Å². The number of aryl methyl sites for hydroxylation is 2. The molecule has 3 N–H and O–H groups in total. The van der Waals surface area contributed by atoms with Gasteiger partial charge in [-0.15, -0.1) is 0 Å². The molecular weight excluding hydrogens is 241 g/mol. The van der Waals surface area contributed by atoms with Crippen molar-refractivity contribution in [3.63, 3.8) is 0 Å². The summed E-state index contributed by atoms with van der Waals surface area (Å²) in [6.45, 7) is 3.83. The van der Waals surface area contributed by atoms with Crippen LogP contribution in [0.15, 0.2) is 30.5 Å². The van der Waals surface area contributed by atoms with Crippen molar-refractivity contribution in [1.29, 1.82) is 0 Å². The molecule has 4 heteroatoms. The fourth-order valence-electron chi connectivity index (χ4n) is 2.27. The van der Waals surface area contributed by atoms with Gasteiger partial charge < -0.3 is 11.1 Å². The highest BCUT2D eigenvalue weighted by molar-refractivity contribution is 5.47. The Hall–Kier alpha value is -1.94. The molecule has 100 valence electrons. The molecule has 0 saturated carbocycles. The van der Waals surface area contributed by atoms with Crippen molar-refractivity contribution in [3.05, 3.63) is 58.5 Å². The number of anilines is 1. The van der Waals surface area contributed by atoms with Gasteiger partial charge in [-0.25, -0.2) is 9.37 Å². The fraction of sp³-hybridized carbons (Fsp3) is 0.267. The summed E-state index contributed by atoms with van der Waals surface area (Å²) in [5.41, 5.74) is 9.56. The number of pyridine rings is 1. The molecule has 0 radical (unpaired) electrons. The predicted octanol–water partition coefficient (Wildman–Crippen LogP) is 2.73. The maximum atomic E-state index is 13.5. The molecule has 0 aliphatic carbocycles. The number of nitrogens with one attached hydrogen (secondary N) is 1. The van der Waals surface area contributed by atoms with Crippen LogP contribution in [0.3, 0.4) is 0 Å². The SMILES string of the molecule is CNC(c1cc(C)cc(F)c1)c1cc(C)cnc1N. The Morgan fingerprint density at radius 3 is 2.53 bits per heavy atom. The van der Waals surface area contributed by atoms with Gasteiger partial charge in [0, 0.05) is 11.8 Å². The second kappa shape index (κ2) is 5.36. The first-order chi connectivity index (χ1) is 9.01. The Kier molecular flexibility index (Phi) is 3.81. The number of aromatic nitrogens is 1. The summed E-state index contributed by atoms with van der Waals surface area (Å²) in [6.07, 6.45) is 1.72. The Balaban J connectivity index is 2.52. The fourth-order valence-corrected chi connectivity index (χ4v) is 2.27. The van der Waals surface area contributed by atoms with Gasteiger partial charge in [0.2, 0.25) is 0 Å². The van der Waals surface area contributed by atoms with Crippen LogP contribution < -0.4 is 11.1 Å². The largest absolute Gasteiger partial charge is 0.383 e. The van der Waals surface area contributed by atoms with Gasteiger partial charge in [-0.05, 0) is 55.8 Å². The quantitative estimate of drug-likeness (QED) is 0.891. The van der Waals surface area contributed by atoms with Gasteiger partial charge in [0.15, 0.2) is 0 Å². The van der Waals surface area contributed by atoms with E-state index in [-0.39, 0.29) is 11.9 Å². The first kappa shape index (κ1) is 13.5. The summed E-state index contributed by atoms with van der Waals surface area (Å²) in [7, 11) is 1.83. The van der Waals surface area contributed by atoms with E-state index in [1.807, 2.05) is 33.0 Å². The maximum Gasteiger partial charge on any atom is 0.128 e. The Labute approximate surface area is 112 Å². The highest BCUT2D eigenvalue weighted by Gasteiger charge is 2.16. The lowest BCUT2D eigenvalue weighted by atomic mass is 9.97. The molecule has 0 spiro atoms. The molecule has 3 nitrogen and oxygen atoms in total. The van der Waals surface area contributed by atoms with E-state index in [4.69, 9.17) is 5.73 Å². The number of halogens is 1. The third kappa shape index (κ3) is 2.90. The topological polar surface area (TPSA) is 50.9 Å². The van der Waals surface area contributed by atoms with Crippen molar-refractivity contribution in [2.75, 3.05) is 12.8 Å². The predicted molar refractivity (Wildman–Crippen MR) is 75.4 cm³/mol. The van der Waals surface area contributed by atoms with Crippen LogP contribution in [0.5, 0.6) is 0 Å². The van der Waals surface area contributed by atoms with Crippen molar-refractivity contribution in [3.8, 4) is 0 Å². The Bertz CT molecular complexity index is 576. The highest BCUT2D eigenvalue weighted by Crippen LogP contribution is 2.27. The van der Waals surface area contributed by atoms with Gasteiger partial charge in [-0.3, -0.25) is 0 Å². The summed E-state index contributed by atoms with van der Waals surface area (Å²) in [6, 6.07) is 6.79. The molecule has 0 saturated heterocycles. The van der Waals surface area contributed by atoms with Crippen molar-refractivity contribution >= 4 is 5.82 Å². The van der Waals surface area contributed by atoms with E-state index in [0.29, 0.717) is 5.82 Å². The van der Waals surface area contributed by atoms with E-state index < -0.39 is 0 Å². The second-order valence-corrected chi connectivity index (χ2v) is 4.77. The molecule has 1 unspecified atom stereocenters. The summed E-state index contributed by atoms with van der Waals surface area (Å²) in [5.74, 6) is 0.223. The molecule has 0 bridgehead atoms. The molecular formula is C15H18FN3. The van der Waals surface area contributed by atoms with Crippen LogP contribution in [-0.4, -0.2) is 12.0 Å². The molecule has 1 atom stereocenters. The van der Waals surface area contributed by atoms with Gasteiger partial charge in [0.25, 0.3) is 0 Å². The number of nitrogen functional groups attached to an aromatic ring is 1. The van der Waals surface area contributed by atoms with Gasteiger partial charge in [0.1, 0.15) is 11.6 Å². The third-order valence-electron chi connectivity index (χ3n) is 3.08. The lowest BCUT2D eigenvalue weighted by Gasteiger charge is -2.19. The van der Waals surface area contributed by atoms with Crippen LogP contribution in [0.25, 0.3) is 0 Å². The van der Waals surface area contributed by atoms with Crippen molar-refractivity contribution in [2.45, 2.75) is 19.9 Å². The van der Waals surface area contributed by atoms with Crippen LogP contribution in [0, 0.1) is 19.7 Å². The lowest BCUT2D eigenvalue weighted by Crippen LogP contribution is -2.20. The van der Waals surface area contributed by atoms with Crippen molar-refractivity contribution < 1.29 is 4.39 Å². The number of benzene rings is 1. The van der Waals surface area contributed by atoms with Gasteiger partial charge in [-0.1, -0.05) is 6.07 Å². The van der Waals surface area contributed by atoms with Gasteiger partial charge >= 0.3 is 0 Å². The average molecular weight is 259 g/mol. The smallest absolute Gasteiger partial charge is 0.128 e. The molecule has 19 heavy (non-hydrogen) atoms. The van der Waals surface area contributed by atoms with Gasteiger partial charge in [0.05, 0.1) is 6.04 Å². The number of rotatable bonds is 3. The molecule has 2 aromatic rings. The van der Waals surface area contributed by atoms with E-state index in [9.17, 15) is 4.39 Å². The first-order valence-electron chi connectivity index (χ1n) is 6.17. The number of nitrogens with zero attached hydrogens (tertiary/aromatic N) is 1. The summed E-state index contributed by atoms with van der Waals surface area (Å²) in [5, 5.41) is 3.17. The number of hydrogen-bond acceptors (Lipinski definition) is 3. The normalized spacial score (nSPS) is 12.4. The summed E-state index contributed by atoms with van der Waals surface area (Å²) < 4.78 is 13.5. The van der Waals surface area contributed by atoms with Gasteiger partial charge in [-0.2, -0.15) is 0 Å². The van der Waals surface area contributed by atoms with E-state index in [2.05, 4.69) is 10.3 Å². The zero-order valence-corrected chi connectivity index (χ0v) is 11.4. The zero-order valence-electron chi connectivity index (χ0n) is 11.4. The van der Waals surface area contributed by atoms with Crippen LogP contribution in [0.2, 0.25) is 0 Å². The third-order valence-corrected chi connectivity index (χ3v) is 3.08. The average Bonchev–Trinajstić information content (AvgIpc) is 2.33. The zero-order chi connectivity index (χ0) is 14.0. The summed E-state index contributed by atoms with van der Waals surface area (Å²) in [4.78, 5) is 4.16. The molecule has 2 rings (SSSR count). The molecule has 0 fully saturated rings. The minimum absolute atomic E-state index is 0.165. The van der Waals surface area contributed by atoms with E-state index in [1.54, 1.807) is 6.20 Å². The first-order valence-corrected chi connectivity index (χ1v) is 6.17. The monoisotopic (exact) mass is 259 g/mol. The van der Waals surface area contributed by atoms with Crippen LogP contribution in [0.1, 0.15) is 28.3 Å². The van der Waals surface area contributed by atoms with Crippen LogP contribution >= 0.6 is 0 Å². The van der Waals surface area contributed by atoms with E-state index in [1.165, 1.54) is 12.1 Å². The number of hydrogen-bond donors (Lipinski definition) is 2. The lowest BCUT2D eigenvalue weighted by molar-refractivity contribution is 0.615. The summed E-state index contributed by atoms with van der Waals surface area (Å²) >= 11 is 0. The Morgan fingerprint density at radius 2 is 1.89 bits per heavy atom. The molecule has 1 aromatic carbocycles. The van der Waals surface area contributed by atoms with Crippen molar-refractivity contribution in [1.82, 2.24) is 10.3 Å². The number of nitrogens with two attached hydrogens (primary N) is 1. The molecule has 0 aliphatic heterocycles. The Morgan fingerprint density at radius 1 is 1.16 bits per heavy atom. The van der Waals surface area contributed by atoms with E-state index >= 15 is 0 Å². The molecule has 1 heterocycles. The highest BCUT2D eigenvalue weighted by atomic mass is 19.1. The molecule has 1 aromatic heterocycles. The van der Waals surface area contributed by atoms with E-state index in [0.717, 1.165) is 22.3 Å². The minimum Gasteiger partial charge on any atom is -0.383 e. The molecule has 0 aliphatic rings. The van der Waals surface area contributed by atoms with Crippen molar-refractivity contribution in [2.24, 2.45) is 0 Å². The minimum atomic E-state index is -0.241. The second-order valence-electron chi connectivity index (χ2n) is 4.77.